The third-order valence-electron chi connectivity index (χ3n) is 3.63. The summed E-state index contributed by atoms with van der Waals surface area (Å²) < 4.78 is 10.7. The number of ether oxygens (including phenoxy) is 1. The number of aryl methyl sites for hydroxylation is 1. The van der Waals surface area contributed by atoms with Crippen molar-refractivity contribution in [3.05, 3.63) is 24.2 Å². The fourth-order valence-electron chi connectivity index (χ4n) is 2.43. The van der Waals surface area contributed by atoms with Crippen molar-refractivity contribution in [3.63, 3.8) is 0 Å². The monoisotopic (exact) mass is 295 g/mol. The molecule has 0 bridgehead atoms. The Kier molecular flexibility index (Phi) is 5.80. The van der Waals surface area contributed by atoms with E-state index in [1.807, 2.05) is 17.0 Å². The zero-order valence-electron chi connectivity index (χ0n) is 12.0. The molecule has 6 nitrogen and oxygen atoms in total. The van der Waals surface area contributed by atoms with E-state index in [1.54, 1.807) is 6.26 Å². The summed E-state index contributed by atoms with van der Waals surface area (Å²) in [5.74, 6) is 0.117. The van der Waals surface area contributed by atoms with Gasteiger partial charge in [-0.1, -0.05) is 0 Å². The van der Waals surface area contributed by atoms with E-state index in [2.05, 4.69) is 0 Å². The topological polar surface area (TPSA) is 80.0 Å². The van der Waals surface area contributed by atoms with Gasteiger partial charge in [0, 0.05) is 25.9 Å². The Balaban J connectivity index is 1.63. The van der Waals surface area contributed by atoms with Crippen LogP contribution in [0.5, 0.6) is 0 Å². The Morgan fingerprint density at radius 2 is 2.10 bits per heavy atom. The van der Waals surface area contributed by atoms with E-state index < -0.39 is 5.97 Å². The van der Waals surface area contributed by atoms with Crippen molar-refractivity contribution in [1.82, 2.24) is 4.90 Å². The number of piperidine rings is 1. The average Bonchev–Trinajstić information content (AvgIpc) is 2.98. The number of carboxylic acid groups (broad SMARTS) is 1. The molecule has 2 heterocycles. The van der Waals surface area contributed by atoms with Crippen LogP contribution in [0.1, 0.15) is 31.4 Å². The maximum absolute atomic E-state index is 12.1. The Hall–Kier alpha value is -1.82. The lowest BCUT2D eigenvalue weighted by Gasteiger charge is -2.32. The van der Waals surface area contributed by atoms with Crippen LogP contribution in [-0.4, -0.2) is 47.7 Å². The number of aliphatic carboxylic acids is 1. The summed E-state index contributed by atoms with van der Waals surface area (Å²) in [5, 5.41) is 8.55. The molecule has 1 aliphatic rings. The normalized spacial score (nSPS) is 16.1. The highest BCUT2D eigenvalue weighted by atomic mass is 16.5. The first-order valence-corrected chi connectivity index (χ1v) is 7.28. The Morgan fingerprint density at radius 1 is 1.33 bits per heavy atom. The number of furan rings is 1. The zero-order valence-corrected chi connectivity index (χ0v) is 12.0. The molecule has 0 spiro atoms. The first kappa shape index (κ1) is 15.6. The molecular formula is C15H21NO5. The molecule has 0 saturated carbocycles. The quantitative estimate of drug-likeness (QED) is 0.828. The summed E-state index contributed by atoms with van der Waals surface area (Å²) in [6.07, 6.45) is 4.33. The third kappa shape index (κ3) is 5.23. The number of likely N-dealkylation sites (tertiary alicyclic amines) is 1. The zero-order chi connectivity index (χ0) is 15.1. The largest absolute Gasteiger partial charge is 0.481 e. The van der Waals surface area contributed by atoms with Gasteiger partial charge in [-0.3, -0.25) is 9.59 Å². The SMILES string of the molecule is O=C(O)CCOC1CCN(C(=O)CCc2ccco2)CC1. The van der Waals surface area contributed by atoms with E-state index in [0.717, 1.165) is 18.6 Å². The second kappa shape index (κ2) is 7.83. The highest BCUT2D eigenvalue weighted by Gasteiger charge is 2.23. The number of nitrogens with zero attached hydrogens (tertiary/aromatic N) is 1. The van der Waals surface area contributed by atoms with Gasteiger partial charge < -0.3 is 19.2 Å². The summed E-state index contributed by atoms with van der Waals surface area (Å²) in [7, 11) is 0. The molecule has 2 rings (SSSR count). The van der Waals surface area contributed by atoms with Gasteiger partial charge in [0.05, 0.1) is 25.4 Å². The van der Waals surface area contributed by atoms with Gasteiger partial charge >= 0.3 is 5.97 Å². The van der Waals surface area contributed by atoms with Crippen LogP contribution in [0.15, 0.2) is 22.8 Å². The average molecular weight is 295 g/mol. The molecule has 21 heavy (non-hydrogen) atoms. The smallest absolute Gasteiger partial charge is 0.305 e. The van der Waals surface area contributed by atoms with Crippen LogP contribution in [0, 0.1) is 0 Å². The van der Waals surface area contributed by atoms with Crippen molar-refractivity contribution in [3.8, 4) is 0 Å². The molecule has 0 atom stereocenters. The van der Waals surface area contributed by atoms with Gasteiger partial charge in [-0.05, 0) is 25.0 Å². The fourth-order valence-corrected chi connectivity index (χ4v) is 2.43. The van der Waals surface area contributed by atoms with Crippen molar-refractivity contribution in [1.29, 1.82) is 0 Å². The van der Waals surface area contributed by atoms with Gasteiger partial charge in [-0.25, -0.2) is 0 Å². The van der Waals surface area contributed by atoms with Crippen LogP contribution in [0.3, 0.4) is 0 Å². The van der Waals surface area contributed by atoms with Crippen LogP contribution >= 0.6 is 0 Å². The minimum atomic E-state index is -0.847. The van der Waals surface area contributed by atoms with Crippen molar-refractivity contribution >= 4 is 11.9 Å². The fraction of sp³-hybridized carbons (Fsp3) is 0.600. The van der Waals surface area contributed by atoms with Gasteiger partial charge in [-0.2, -0.15) is 0 Å². The van der Waals surface area contributed by atoms with Gasteiger partial charge in [0.15, 0.2) is 0 Å². The lowest BCUT2D eigenvalue weighted by atomic mass is 10.1. The maximum Gasteiger partial charge on any atom is 0.305 e. The number of hydrogen-bond donors (Lipinski definition) is 1. The number of carboxylic acids is 1. The standard InChI is InChI=1S/C15H21NO5/c17-14(4-3-12-2-1-10-20-12)16-8-5-13(6-9-16)21-11-7-15(18)19/h1-2,10,13H,3-9,11H2,(H,18,19). The van der Waals surface area contributed by atoms with Gasteiger partial charge in [0.1, 0.15) is 5.76 Å². The van der Waals surface area contributed by atoms with Crippen LogP contribution in [0.2, 0.25) is 0 Å². The second-order valence-electron chi connectivity index (χ2n) is 5.17. The van der Waals surface area contributed by atoms with E-state index in [4.69, 9.17) is 14.3 Å². The van der Waals surface area contributed by atoms with Crippen LogP contribution < -0.4 is 0 Å². The highest BCUT2D eigenvalue weighted by Crippen LogP contribution is 2.15. The van der Waals surface area contributed by atoms with E-state index in [0.29, 0.717) is 25.9 Å². The molecule has 1 aromatic rings. The molecule has 116 valence electrons. The first-order valence-electron chi connectivity index (χ1n) is 7.28. The molecule has 0 radical (unpaired) electrons. The van der Waals surface area contributed by atoms with Crippen molar-refractivity contribution < 1.29 is 23.8 Å². The third-order valence-corrected chi connectivity index (χ3v) is 3.63. The van der Waals surface area contributed by atoms with E-state index in [9.17, 15) is 9.59 Å². The summed E-state index contributed by atoms with van der Waals surface area (Å²) >= 11 is 0. The summed E-state index contributed by atoms with van der Waals surface area (Å²) in [4.78, 5) is 24.3. The molecule has 1 aromatic heterocycles. The van der Waals surface area contributed by atoms with Crippen LogP contribution in [0.25, 0.3) is 0 Å². The molecule has 0 aromatic carbocycles. The molecule has 1 amide bonds. The van der Waals surface area contributed by atoms with Crippen LogP contribution in [0.4, 0.5) is 0 Å². The van der Waals surface area contributed by atoms with E-state index in [-0.39, 0.29) is 25.0 Å². The second-order valence-corrected chi connectivity index (χ2v) is 5.17. The van der Waals surface area contributed by atoms with Crippen molar-refractivity contribution in [2.24, 2.45) is 0 Å². The lowest BCUT2D eigenvalue weighted by molar-refractivity contribution is -0.139. The number of rotatable bonds is 7. The van der Waals surface area contributed by atoms with Gasteiger partial charge in [0.25, 0.3) is 0 Å². The minimum Gasteiger partial charge on any atom is -0.481 e. The Bertz CT molecular complexity index is 449. The Labute approximate surface area is 123 Å². The predicted octanol–water partition coefficient (Wildman–Crippen LogP) is 1.69. The molecule has 0 aliphatic carbocycles. The molecular weight excluding hydrogens is 274 g/mol. The number of carbonyl (C=O) groups is 2. The molecule has 1 saturated heterocycles. The van der Waals surface area contributed by atoms with E-state index in [1.165, 1.54) is 0 Å². The summed E-state index contributed by atoms with van der Waals surface area (Å²) in [6, 6.07) is 3.69. The van der Waals surface area contributed by atoms with Gasteiger partial charge in [-0.15, -0.1) is 0 Å². The molecule has 6 heteroatoms. The van der Waals surface area contributed by atoms with Crippen molar-refractivity contribution in [2.75, 3.05) is 19.7 Å². The molecule has 1 fully saturated rings. The predicted molar refractivity (Wildman–Crippen MR) is 74.8 cm³/mol. The van der Waals surface area contributed by atoms with E-state index >= 15 is 0 Å². The number of amides is 1. The summed E-state index contributed by atoms with van der Waals surface area (Å²) in [5.41, 5.74) is 0. The number of carbonyl (C=O) groups excluding carboxylic acids is 1. The van der Waals surface area contributed by atoms with Gasteiger partial charge in [0.2, 0.25) is 5.91 Å². The maximum atomic E-state index is 12.1. The molecule has 0 unspecified atom stereocenters. The Morgan fingerprint density at radius 3 is 2.71 bits per heavy atom. The number of hydrogen-bond acceptors (Lipinski definition) is 4. The highest BCUT2D eigenvalue weighted by molar-refractivity contribution is 5.76. The van der Waals surface area contributed by atoms with Crippen molar-refractivity contribution in [2.45, 2.75) is 38.2 Å². The molecule has 1 aliphatic heterocycles. The summed E-state index contributed by atoms with van der Waals surface area (Å²) in [6.45, 7) is 1.59. The van der Waals surface area contributed by atoms with Crippen LogP contribution in [-0.2, 0) is 20.7 Å². The minimum absolute atomic E-state index is 0.0301. The molecule has 1 N–H and O–H groups in total. The lowest BCUT2D eigenvalue weighted by Crippen LogP contribution is -2.41. The first-order chi connectivity index (χ1) is 10.1.